The summed E-state index contributed by atoms with van der Waals surface area (Å²) in [5, 5.41) is 11.7. The molecule has 0 unspecified atom stereocenters. The molecular formula is C17H11FN4O2S. The second-order valence-electron chi connectivity index (χ2n) is 4.82. The highest BCUT2D eigenvalue weighted by Gasteiger charge is 2.15. The van der Waals surface area contributed by atoms with Crippen molar-refractivity contribution in [1.29, 1.82) is 0 Å². The first kappa shape index (κ1) is 16.4. The standard InChI is InChI=1S/C17H11FN4O2S/c18-11-6-3-10(4-7-11)5-8-13-15(22-17(23)24)21-16(25-13)12-2-1-9-20-14(12)19/h1-4,6-7,9,22H,(H2,19,20)(H,23,24). The van der Waals surface area contributed by atoms with Crippen LogP contribution in [0.1, 0.15) is 10.4 Å². The fourth-order valence-electron chi connectivity index (χ4n) is 1.97. The number of benzene rings is 1. The quantitative estimate of drug-likeness (QED) is 0.612. The molecule has 0 aliphatic rings. The molecule has 1 aromatic carbocycles. The molecular weight excluding hydrogens is 343 g/mol. The Morgan fingerprint density at radius 2 is 2.00 bits per heavy atom. The highest BCUT2D eigenvalue weighted by atomic mass is 32.1. The van der Waals surface area contributed by atoms with Crippen LogP contribution in [0.15, 0.2) is 42.6 Å². The second kappa shape index (κ2) is 6.98. The number of thiazole rings is 1. The maximum absolute atomic E-state index is 12.9. The van der Waals surface area contributed by atoms with Crippen molar-refractivity contribution < 1.29 is 14.3 Å². The molecule has 0 atom stereocenters. The average molecular weight is 354 g/mol. The minimum atomic E-state index is -1.25. The van der Waals surface area contributed by atoms with E-state index in [1.165, 1.54) is 35.6 Å². The van der Waals surface area contributed by atoms with E-state index in [0.717, 1.165) is 0 Å². The summed E-state index contributed by atoms with van der Waals surface area (Å²) in [6.07, 6.45) is 0.304. The van der Waals surface area contributed by atoms with Crippen molar-refractivity contribution in [1.82, 2.24) is 9.97 Å². The summed E-state index contributed by atoms with van der Waals surface area (Å²) < 4.78 is 12.9. The number of amides is 1. The lowest BCUT2D eigenvalue weighted by molar-refractivity contribution is 0.209. The summed E-state index contributed by atoms with van der Waals surface area (Å²) in [7, 11) is 0. The van der Waals surface area contributed by atoms with E-state index >= 15 is 0 Å². The number of nitrogen functional groups attached to an aromatic ring is 1. The van der Waals surface area contributed by atoms with Gasteiger partial charge in [0.15, 0.2) is 5.82 Å². The number of carboxylic acid groups (broad SMARTS) is 1. The number of pyridine rings is 1. The summed E-state index contributed by atoms with van der Waals surface area (Å²) in [4.78, 5) is 19.6. The third-order valence-corrected chi connectivity index (χ3v) is 4.09. The molecule has 2 aromatic heterocycles. The van der Waals surface area contributed by atoms with Crippen LogP contribution in [0, 0.1) is 17.7 Å². The van der Waals surface area contributed by atoms with Crippen molar-refractivity contribution in [2.45, 2.75) is 0 Å². The van der Waals surface area contributed by atoms with Crippen LogP contribution in [0.4, 0.5) is 20.8 Å². The van der Waals surface area contributed by atoms with Gasteiger partial charge in [-0.1, -0.05) is 5.92 Å². The molecule has 0 spiro atoms. The SMILES string of the molecule is Nc1ncccc1-c1nc(NC(=O)O)c(C#Cc2ccc(F)cc2)s1. The molecule has 0 saturated carbocycles. The van der Waals surface area contributed by atoms with Crippen LogP contribution in [0.2, 0.25) is 0 Å². The number of halogens is 1. The molecule has 0 aliphatic heterocycles. The molecule has 2 heterocycles. The molecule has 0 bridgehead atoms. The van der Waals surface area contributed by atoms with Gasteiger partial charge in [0.25, 0.3) is 0 Å². The highest BCUT2D eigenvalue weighted by molar-refractivity contribution is 7.16. The molecule has 8 heteroatoms. The molecule has 3 aromatic rings. The number of hydrogen-bond donors (Lipinski definition) is 3. The first-order valence-corrected chi connectivity index (χ1v) is 7.84. The number of nitrogens with zero attached hydrogens (tertiary/aromatic N) is 2. The van der Waals surface area contributed by atoms with Crippen LogP contribution in [0.25, 0.3) is 10.6 Å². The van der Waals surface area contributed by atoms with E-state index in [2.05, 4.69) is 27.1 Å². The first-order valence-electron chi connectivity index (χ1n) is 7.02. The lowest BCUT2D eigenvalue weighted by atomic mass is 10.2. The number of nitrogens with two attached hydrogens (primary N) is 1. The molecule has 1 amide bonds. The number of hydrogen-bond acceptors (Lipinski definition) is 5. The third kappa shape index (κ3) is 3.91. The minimum absolute atomic E-state index is 0.116. The van der Waals surface area contributed by atoms with E-state index in [9.17, 15) is 9.18 Å². The van der Waals surface area contributed by atoms with Gasteiger partial charge in [0, 0.05) is 11.8 Å². The highest BCUT2D eigenvalue weighted by Crippen LogP contribution is 2.32. The van der Waals surface area contributed by atoms with Crippen LogP contribution in [0.5, 0.6) is 0 Å². The molecule has 0 fully saturated rings. The van der Waals surface area contributed by atoms with Crippen molar-refractivity contribution in [3.63, 3.8) is 0 Å². The van der Waals surface area contributed by atoms with Crippen LogP contribution in [0.3, 0.4) is 0 Å². The summed E-state index contributed by atoms with van der Waals surface area (Å²) in [6.45, 7) is 0. The van der Waals surface area contributed by atoms with Gasteiger partial charge < -0.3 is 10.8 Å². The van der Waals surface area contributed by atoms with E-state index < -0.39 is 6.09 Å². The van der Waals surface area contributed by atoms with E-state index in [1.54, 1.807) is 18.3 Å². The Labute approximate surface area is 146 Å². The Kier molecular flexibility index (Phi) is 4.59. The van der Waals surface area contributed by atoms with Gasteiger partial charge in [-0.25, -0.2) is 19.2 Å². The Morgan fingerprint density at radius 3 is 2.68 bits per heavy atom. The molecule has 0 radical (unpaired) electrons. The molecule has 0 aliphatic carbocycles. The van der Waals surface area contributed by atoms with Gasteiger partial charge in [0.1, 0.15) is 21.5 Å². The van der Waals surface area contributed by atoms with Crippen molar-refractivity contribution in [3.8, 4) is 22.4 Å². The van der Waals surface area contributed by atoms with Gasteiger partial charge in [-0.05, 0) is 42.3 Å². The maximum Gasteiger partial charge on any atom is 0.410 e. The van der Waals surface area contributed by atoms with E-state index in [-0.39, 0.29) is 17.5 Å². The van der Waals surface area contributed by atoms with Crippen LogP contribution in [-0.4, -0.2) is 21.2 Å². The Bertz CT molecular complexity index is 990. The molecule has 4 N–H and O–H groups in total. The number of nitrogens with one attached hydrogen (secondary N) is 1. The van der Waals surface area contributed by atoms with Crippen LogP contribution < -0.4 is 11.1 Å². The predicted octanol–water partition coefficient (Wildman–Crippen LogP) is 3.42. The fourth-order valence-corrected chi connectivity index (χ4v) is 2.87. The van der Waals surface area contributed by atoms with Crippen LogP contribution in [-0.2, 0) is 0 Å². The average Bonchev–Trinajstić information content (AvgIpc) is 2.96. The second-order valence-corrected chi connectivity index (χ2v) is 5.82. The molecule has 25 heavy (non-hydrogen) atoms. The monoisotopic (exact) mass is 354 g/mol. The number of anilines is 2. The van der Waals surface area contributed by atoms with E-state index in [0.29, 0.717) is 21.0 Å². The fraction of sp³-hybridized carbons (Fsp3) is 0. The Morgan fingerprint density at radius 1 is 1.24 bits per heavy atom. The number of carbonyl (C=O) groups is 1. The lowest BCUT2D eigenvalue weighted by Gasteiger charge is -1.98. The topological polar surface area (TPSA) is 101 Å². The predicted molar refractivity (Wildman–Crippen MR) is 93.8 cm³/mol. The largest absolute Gasteiger partial charge is 0.465 e. The lowest BCUT2D eigenvalue weighted by Crippen LogP contribution is -2.08. The van der Waals surface area contributed by atoms with Gasteiger partial charge in [-0.3, -0.25) is 5.32 Å². The van der Waals surface area contributed by atoms with E-state index in [4.69, 9.17) is 10.8 Å². The summed E-state index contributed by atoms with van der Waals surface area (Å²) in [5.41, 5.74) is 7.03. The van der Waals surface area contributed by atoms with Gasteiger partial charge in [-0.2, -0.15) is 0 Å². The zero-order valence-corrected chi connectivity index (χ0v) is 13.5. The number of rotatable bonds is 2. The smallest absolute Gasteiger partial charge is 0.410 e. The normalized spacial score (nSPS) is 9.96. The van der Waals surface area contributed by atoms with Crippen molar-refractivity contribution >= 4 is 29.1 Å². The molecule has 6 nitrogen and oxygen atoms in total. The van der Waals surface area contributed by atoms with Gasteiger partial charge in [0.05, 0.1) is 5.56 Å². The summed E-state index contributed by atoms with van der Waals surface area (Å²) in [5.74, 6) is 5.76. The Balaban J connectivity index is 2.02. The summed E-state index contributed by atoms with van der Waals surface area (Å²) >= 11 is 1.19. The Hall–Kier alpha value is -3.44. The van der Waals surface area contributed by atoms with E-state index in [1.807, 2.05) is 0 Å². The molecule has 124 valence electrons. The van der Waals surface area contributed by atoms with Gasteiger partial charge in [0.2, 0.25) is 0 Å². The third-order valence-electron chi connectivity index (χ3n) is 3.09. The minimum Gasteiger partial charge on any atom is -0.465 e. The molecule has 3 rings (SSSR count). The van der Waals surface area contributed by atoms with Crippen molar-refractivity contribution in [3.05, 3.63) is 58.9 Å². The van der Waals surface area contributed by atoms with Crippen molar-refractivity contribution in [2.24, 2.45) is 0 Å². The summed E-state index contributed by atoms with van der Waals surface area (Å²) in [6, 6.07) is 9.12. The maximum atomic E-state index is 12.9. The van der Waals surface area contributed by atoms with Crippen molar-refractivity contribution in [2.75, 3.05) is 11.1 Å². The van der Waals surface area contributed by atoms with Crippen LogP contribution >= 0.6 is 11.3 Å². The van der Waals surface area contributed by atoms with Gasteiger partial charge >= 0.3 is 6.09 Å². The molecule has 0 saturated heterocycles. The first-order chi connectivity index (χ1) is 12.0. The van der Waals surface area contributed by atoms with Gasteiger partial charge in [-0.15, -0.1) is 11.3 Å². The zero-order chi connectivity index (χ0) is 17.8. The number of aromatic nitrogens is 2. The zero-order valence-electron chi connectivity index (χ0n) is 12.7.